The summed E-state index contributed by atoms with van der Waals surface area (Å²) in [6.07, 6.45) is 3.20. The van der Waals surface area contributed by atoms with Crippen LogP contribution < -0.4 is 5.32 Å². The maximum atomic E-state index is 12.3. The van der Waals surface area contributed by atoms with Gasteiger partial charge in [0, 0.05) is 4.88 Å². The Bertz CT molecular complexity index is 431. The van der Waals surface area contributed by atoms with Crippen LogP contribution in [0.15, 0.2) is 17.5 Å². The van der Waals surface area contributed by atoms with Crippen LogP contribution in [0.25, 0.3) is 0 Å². The Kier molecular flexibility index (Phi) is 5.18. The van der Waals surface area contributed by atoms with E-state index in [-0.39, 0.29) is 18.5 Å². The summed E-state index contributed by atoms with van der Waals surface area (Å²) in [5, 5.41) is 15.3. The second-order valence-electron chi connectivity index (χ2n) is 5.61. The first-order valence-corrected chi connectivity index (χ1v) is 8.20. The van der Waals surface area contributed by atoms with Crippen molar-refractivity contribution in [3.63, 3.8) is 0 Å². The predicted molar refractivity (Wildman–Crippen MR) is 81.8 cm³/mol. The molecule has 5 heteroatoms. The van der Waals surface area contributed by atoms with Gasteiger partial charge in [0.1, 0.15) is 5.60 Å². The van der Waals surface area contributed by atoms with Crippen molar-refractivity contribution < 1.29 is 9.90 Å². The summed E-state index contributed by atoms with van der Waals surface area (Å²) < 4.78 is 0. The number of rotatable bonds is 5. The van der Waals surface area contributed by atoms with Gasteiger partial charge >= 0.3 is 0 Å². The van der Waals surface area contributed by atoms with E-state index < -0.39 is 5.60 Å². The summed E-state index contributed by atoms with van der Waals surface area (Å²) in [7, 11) is 0. The summed E-state index contributed by atoms with van der Waals surface area (Å²) in [4.78, 5) is 15.4. The zero-order valence-corrected chi connectivity index (χ0v) is 13.1. The Balaban J connectivity index is 1.91. The molecule has 112 valence electrons. The fraction of sp³-hybridized carbons (Fsp3) is 0.667. The van der Waals surface area contributed by atoms with Crippen LogP contribution in [0.4, 0.5) is 0 Å². The first-order valence-electron chi connectivity index (χ1n) is 7.32. The second-order valence-corrected chi connectivity index (χ2v) is 6.56. The minimum Gasteiger partial charge on any atom is -0.383 e. The normalized spacial score (nSPS) is 23.2. The number of hydrogen-bond acceptors (Lipinski definition) is 4. The maximum absolute atomic E-state index is 12.3. The van der Waals surface area contributed by atoms with Crippen LogP contribution in [-0.4, -0.2) is 41.6 Å². The van der Waals surface area contributed by atoms with E-state index in [0.29, 0.717) is 0 Å². The molecule has 2 unspecified atom stereocenters. The van der Waals surface area contributed by atoms with E-state index in [2.05, 4.69) is 17.1 Å². The van der Waals surface area contributed by atoms with Crippen molar-refractivity contribution in [2.45, 2.75) is 44.8 Å². The molecule has 1 aromatic heterocycles. The molecule has 20 heavy (non-hydrogen) atoms. The highest BCUT2D eigenvalue weighted by Crippen LogP contribution is 2.24. The first-order chi connectivity index (χ1) is 9.54. The second kappa shape index (κ2) is 6.70. The minimum absolute atomic E-state index is 0.0344. The Morgan fingerprint density at radius 1 is 1.60 bits per heavy atom. The number of thiophene rings is 1. The molecule has 4 nitrogen and oxygen atoms in total. The molecule has 0 aliphatic carbocycles. The molecule has 0 spiro atoms. The van der Waals surface area contributed by atoms with E-state index in [1.807, 2.05) is 17.5 Å². The lowest BCUT2D eigenvalue weighted by Crippen LogP contribution is -2.51. The Morgan fingerprint density at radius 2 is 2.40 bits per heavy atom. The van der Waals surface area contributed by atoms with Gasteiger partial charge in [-0.3, -0.25) is 9.69 Å². The highest BCUT2D eigenvalue weighted by atomic mass is 32.1. The fourth-order valence-electron chi connectivity index (χ4n) is 2.72. The first kappa shape index (κ1) is 15.5. The highest BCUT2D eigenvalue weighted by molar-refractivity contribution is 7.10. The van der Waals surface area contributed by atoms with Crippen molar-refractivity contribution in [2.75, 3.05) is 19.6 Å². The van der Waals surface area contributed by atoms with E-state index in [1.165, 1.54) is 17.8 Å². The third-order valence-corrected chi connectivity index (χ3v) is 5.10. The Labute approximate surface area is 124 Å². The molecule has 0 saturated carbocycles. The van der Waals surface area contributed by atoms with Gasteiger partial charge in [-0.1, -0.05) is 19.4 Å². The van der Waals surface area contributed by atoms with Crippen LogP contribution in [0, 0.1) is 0 Å². The van der Waals surface area contributed by atoms with E-state index in [9.17, 15) is 9.90 Å². The smallest absolute Gasteiger partial charge is 0.237 e. The third kappa shape index (κ3) is 3.59. The third-order valence-electron chi connectivity index (χ3n) is 3.98. The molecule has 2 N–H and O–H groups in total. The largest absolute Gasteiger partial charge is 0.383 e. The van der Waals surface area contributed by atoms with Crippen LogP contribution in [0.1, 0.15) is 38.0 Å². The molecule has 2 rings (SSSR count). The van der Waals surface area contributed by atoms with E-state index in [0.717, 1.165) is 30.8 Å². The summed E-state index contributed by atoms with van der Waals surface area (Å²) in [6.45, 7) is 6.00. The molecule has 1 saturated heterocycles. The number of aliphatic hydroxyl groups is 1. The average Bonchev–Trinajstić information content (AvgIpc) is 3.00. The molecular formula is C15H24N2O2S. The van der Waals surface area contributed by atoms with Crippen LogP contribution in [0.5, 0.6) is 0 Å². The number of likely N-dealkylation sites (tertiary alicyclic amines) is 1. The molecule has 0 aromatic carbocycles. The van der Waals surface area contributed by atoms with Gasteiger partial charge in [-0.15, -0.1) is 11.3 Å². The van der Waals surface area contributed by atoms with Gasteiger partial charge in [0.25, 0.3) is 0 Å². The van der Waals surface area contributed by atoms with Gasteiger partial charge in [-0.05, 0) is 44.3 Å². The van der Waals surface area contributed by atoms with Gasteiger partial charge in [0.15, 0.2) is 0 Å². The summed E-state index contributed by atoms with van der Waals surface area (Å²) in [6, 6.07) is 3.78. The molecule has 1 aromatic rings. The molecule has 1 fully saturated rings. The van der Waals surface area contributed by atoms with E-state index >= 15 is 0 Å². The molecule has 1 aliphatic heterocycles. The molecule has 1 amide bonds. The Morgan fingerprint density at radius 3 is 3.05 bits per heavy atom. The monoisotopic (exact) mass is 296 g/mol. The summed E-state index contributed by atoms with van der Waals surface area (Å²) in [5.41, 5.74) is -0.991. The lowest BCUT2D eigenvalue weighted by molar-refractivity contribution is -0.128. The summed E-state index contributed by atoms with van der Waals surface area (Å²) in [5.74, 6) is 0.0448. The van der Waals surface area contributed by atoms with Gasteiger partial charge in [0.05, 0.1) is 12.6 Å². The van der Waals surface area contributed by atoms with Gasteiger partial charge in [-0.2, -0.15) is 0 Å². The van der Waals surface area contributed by atoms with E-state index in [1.54, 1.807) is 6.92 Å². The standard InChI is InChI=1S/C15H24N2O2S/c1-3-17-9-5-4-7-12(17)14(18)16-11-15(2,19)13-8-6-10-20-13/h6,8,10,12,19H,3-5,7,9,11H2,1-2H3,(H,16,18). The maximum Gasteiger partial charge on any atom is 0.237 e. The number of nitrogens with one attached hydrogen (secondary N) is 1. The van der Waals surface area contributed by atoms with Crippen molar-refractivity contribution >= 4 is 17.2 Å². The number of nitrogens with zero attached hydrogens (tertiary/aromatic N) is 1. The lowest BCUT2D eigenvalue weighted by Gasteiger charge is -2.34. The number of likely N-dealkylation sites (N-methyl/N-ethyl adjacent to an activating group) is 1. The summed E-state index contributed by atoms with van der Waals surface area (Å²) >= 11 is 1.51. The van der Waals surface area contributed by atoms with Gasteiger partial charge < -0.3 is 10.4 Å². The number of amides is 1. The zero-order chi connectivity index (χ0) is 14.6. The Hall–Kier alpha value is -0.910. The number of carbonyl (C=O) groups excluding carboxylic acids is 1. The topological polar surface area (TPSA) is 52.6 Å². The quantitative estimate of drug-likeness (QED) is 0.873. The molecule has 2 heterocycles. The van der Waals surface area contributed by atoms with Crippen molar-refractivity contribution in [1.29, 1.82) is 0 Å². The van der Waals surface area contributed by atoms with Crippen molar-refractivity contribution in [3.05, 3.63) is 22.4 Å². The van der Waals surface area contributed by atoms with Crippen molar-refractivity contribution in [3.8, 4) is 0 Å². The van der Waals surface area contributed by atoms with Crippen LogP contribution >= 0.6 is 11.3 Å². The number of piperidine rings is 1. The predicted octanol–water partition coefficient (Wildman–Crippen LogP) is 1.95. The van der Waals surface area contributed by atoms with Crippen molar-refractivity contribution in [1.82, 2.24) is 10.2 Å². The van der Waals surface area contributed by atoms with E-state index in [4.69, 9.17) is 0 Å². The molecule has 1 aliphatic rings. The average molecular weight is 296 g/mol. The van der Waals surface area contributed by atoms with Crippen LogP contribution in [0.2, 0.25) is 0 Å². The molecule has 0 radical (unpaired) electrons. The SMILES string of the molecule is CCN1CCCCC1C(=O)NCC(C)(O)c1cccs1. The van der Waals surface area contributed by atoms with Gasteiger partial charge in [-0.25, -0.2) is 0 Å². The van der Waals surface area contributed by atoms with Crippen LogP contribution in [0.3, 0.4) is 0 Å². The molecule has 2 atom stereocenters. The highest BCUT2D eigenvalue weighted by Gasteiger charge is 2.30. The zero-order valence-electron chi connectivity index (χ0n) is 12.3. The number of carbonyl (C=O) groups is 1. The van der Waals surface area contributed by atoms with Crippen molar-refractivity contribution in [2.24, 2.45) is 0 Å². The minimum atomic E-state index is -0.991. The molecular weight excluding hydrogens is 272 g/mol. The van der Waals surface area contributed by atoms with Crippen LogP contribution in [-0.2, 0) is 10.4 Å². The number of hydrogen-bond donors (Lipinski definition) is 2. The fourth-order valence-corrected chi connectivity index (χ4v) is 3.50. The molecule has 0 bridgehead atoms. The lowest BCUT2D eigenvalue weighted by atomic mass is 10.0. The van der Waals surface area contributed by atoms with Gasteiger partial charge in [0.2, 0.25) is 5.91 Å².